The highest BCUT2D eigenvalue weighted by Crippen LogP contribution is 2.29. The molecule has 0 radical (unpaired) electrons. The van der Waals surface area contributed by atoms with Gasteiger partial charge in [-0.15, -0.1) is 0 Å². The number of anilines is 1. The van der Waals surface area contributed by atoms with Crippen molar-refractivity contribution in [2.45, 2.75) is 0 Å². The molecule has 2 amide bonds. The lowest BCUT2D eigenvalue weighted by Crippen LogP contribution is -2.52. The largest absolute Gasteiger partial charge is 0.507 e. The van der Waals surface area contributed by atoms with Crippen molar-refractivity contribution in [2.24, 2.45) is 0 Å². The van der Waals surface area contributed by atoms with Gasteiger partial charge in [-0.2, -0.15) is 0 Å². The van der Waals surface area contributed by atoms with Crippen LogP contribution in [0.25, 0.3) is 10.8 Å². The Morgan fingerprint density at radius 2 is 1.81 bits per heavy atom. The average molecular weight is 381 g/mol. The van der Waals surface area contributed by atoms with Crippen LogP contribution in [0.2, 0.25) is 5.02 Å². The first-order chi connectivity index (χ1) is 13.0. The molecular weight excluding hydrogens is 364 g/mol. The Hall–Kier alpha value is -3.05. The fourth-order valence-corrected chi connectivity index (χ4v) is 3.59. The summed E-state index contributed by atoms with van der Waals surface area (Å²) in [6, 6.07) is 17.7. The van der Waals surface area contributed by atoms with E-state index in [4.69, 9.17) is 11.6 Å². The maximum Gasteiger partial charge on any atom is 0.258 e. The van der Waals surface area contributed by atoms with E-state index in [0.717, 1.165) is 5.39 Å². The maximum atomic E-state index is 13.1. The molecule has 1 heterocycles. The number of phenolic OH excluding ortho intramolecular Hbond substituents is 1. The van der Waals surface area contributed by atoms with Gasteiger partial charge < -0.3 is 14.9 Å². The van der Waals surface area contributed by atoms with Gasteiger partial charge in [-0.1, -0.05) is 48.0 Å². The Morgan fingerprint density at radius 1 is 1.00 bits per heavy atom. The predicted octanol–water partition coefficient (Wildman–Crippen LogP) is 3.69. The molecule has 136 valence electrons. The smallest absolute Gasteiger partial charge is 0.258 e. The molecular formula is C21H17ClN2O3. The van der Waals surface area contributed by atoms with Crippen molar-refractivity contribution in [3.63, 3.8) is 0 Å². The van der Waals surface area contributed by atoms with Crippen LogP contribution in [0.5, 0.6) is 5.75 Å². The van der Waals surface area contributed by atoms with Gasteiger partial charge in [-0.05, 0) is 35.0 Å². The first-order valence-corrected chi connectivity index (χ1v) is 8.98. The molecule has 1 N–H and O–H groups in total. The first kappa shape index (κ1) is 17.4. The third kappa shape index (κ3) is 3.22. The zero-order valence-electron chi connectivity index (χ0n) is 14.4. The molecule has 0 spiro atoms. The van der Waals surface area contributed by atoms with E-state index in [2.05, 4.69) is 0 Å². The molecule has 0 atom stereocenters. The Bertz CT molecular complexity index is 1050. The summed E-state index contributed by atoms with van der Waals surface area (Å²) in [5.74, 6) is -0.608. The van der Waals surface area contributed by atoms with Crippen LogP contribution in [0.1, 0.15) is 10.4 Å². The van der Waals surface area contributed by atoms with Gasteiger partial charge in [-0.25, -0.2) is 0 Å². The molecule has 3 aromatic rings. The van der Waals surface area contributed by atoms with Crippen LogP contribution < -0.4 is 4.90 Å². The van der Waals surface area contributed by atoms with E-state index in [9.17, 15) is 14.7 Å². The number of amides is 2. The molecule has 6 heteroatoms. The summed E-state index contributed by atoms with van der Waals surface area (Å²) in [6.45, 7) is 0.699. The summed E-state index contributed by atoms with van der Waals surface area (Å²) in [5.41, 5.74) is 0.949. The van der Waals surface area contributed by atoms with Crippen LogP contribution in [-0.4, -0.2) is 41.5 Å². The monoisotopic (exact) mass is 380 g/mol. The number of hydrogen-bond donors (Lipinski definition) is 1. The normalized spacial score (nSPS) is 14.6. The van der Waals surface area contributed by atoms with Gasteiger partial charge >= 0.3 is 0 Å². The van der Waals surface area contributed by atoms with Gasteiger partial charge in [0.1, 0.15) is 12.3 Å². The van der Waals surface area contributed by atoms with Crippen LogP contribution in [0.15, 0.2) is 60.7 Å². The van der Waals surface area contributed by atoms with E-state index in [1.165, 1.54) is 11.0 Å². The van der Waals surface area contributed by atoms with E-state index >= 15 is 0 Å². The summed E-state index contributed by atoms with van der Waals surface area (Å²) in [4.78, 5) is 28.8. The van der Waals surface area contributed by atoms with Crippen molar-refractivity contribution in [2.75, 3.05) is 24.5 Å². The Kier molecular flexibility index (Phi) is 4.46. The number of carbonyl (C=O) groups excluding carboxylic acids is 2. The molecule has 1 aliphatic rings. The van der Waals surface area contributed by atoms with Crippen molar-refractivity contribution in [3.05, 3.63) is 71.2 Å². The van der Waals surface area contributed by atoms with Crippen LogP contribution >= 0.6 is 11.6 Å². The third-order valence-corrected chi connectivity index (χ3v) is 4.98. The molecule has 0 aliphatic carbocycles. The average Bonchev–Trinajstić information content (AvgIpc) is 2.67. The van der Waals surface area contributed by atoms with Crippen molar-refractivity contribution in [1.29, 1.82) is 0 Å². The number of piperazine rings is 1. The Balaban J connectivity index is 1.61. The van der Waals surface area contributed by atoms with Crippen LogP contribution in [0, 0.1) is 0 Å². The van der Waals surface area contributed by atoms with E-state index in [1.807, 2.05) is 24.3 Å². The number of phenols is 1. The third-order valence-electron chi connectivity index (χ3n) is 4.75. The number of rotatable bonds is 2. The second kappa shape index (κ2) is 6.93. The molecule has 0 saturated carbocycles. The number of nitrogens with zero attached hydrogens (tertiary/aromatic N) is 2. The molecule has 5 nitrogen and oxygen atoms in total. The van der Waals surface area contributed by atoms with Crippen LogP contribution in [-0.2, 0) is 4.79 Å². The Labute approximate surface area is 161 Å². The fraction of sp³-hybridized carbons (Fsp3) is 0.143. The van der Waals surface area contributed by atoms with Gasteiger partial charge in [0.2, 0.25) is 5.91 Å². The second-order valence-corrected chi connectivity index (χ2v) is 6.87. The number of fused-ring (bicyclic) bond motifs is 1. The second-order valence-electron chi connectivity index (χ2n) is 6.43. The summed E-state index contributed by atoms with van der Waals surface area (Å²) >= 11 is 6.01. The molecule has 0 bridgehead atoms. The highest BCUT2D eigenvalue weighted by Gasteiger charge is 2.30. The standard InChI is InChI=1S/C21H17ClN2O3/c22-15-5-3-6-16(12-15)24-11-10-23(13-19(24)26)21(27)20-17-7-2-1-4-14(17)8-9-18(20)25/h1-9,12,25H,10-11,13H2. The van der Waals surface area contributed by atoms with E-state index in [1.54, 1.807) is 35.2 Å². The maximum absolute atomic E-state index is 13.1. The summed E-state index contributed by atoms with van der Waals surface area (Å²) < 4.78 is 0. The quantitative estimate of drug-likeness (QED) is 0.737. The lowest BCUT2D eigenvalue weighted by Gasteiger charge is -2.34. The Morgan fingerprint density at radius 3 is 2.59 bits per heavy atom. The zero-order valence-corrected chi connectivity index (χ0v) is 15.2. The lowest BCUT2D eigenvalue weighted by molar-refractivity contribution is -0.120. The zero-order chi connectivity index (χ0) is 19.0. The minimum atomic E-state index is -0.344. The molecule has 1 aliphatic heterocycles. The van der Waals surface area contributed by atoms with E-state index < -0.39 is 0 Å². The van der Waals surface area contributed by atoms with Gasteiger partial charge in [0, 0.05) is 23.8 Å². The summed E-state index contributed by atoms with van der Waals surface area (Å²) in [7, 11) is 0. The topological polar surface area (TPSA) is 60.9 Å². The highest BCUT2D eigenvalue weighted by molar-refractivity contribution is 6.31. The van der Waals surface area contributed by atoms with Crippen molar-refractivity contribution in [3.8, 4) is 5.75 Å². The molecule has 27 heavy (non-hydrogen) atoms. The van der Waals surface area contributed by atoms with Crippen molar-refractivity contribution >= 4 is 39.9 Å². The molecule has 0 unspecified atom stereocenters. The minimum Gasteiger partial charge on any atom is -0.507 e. The predicted molar refractivity (Wildman–Crippen MR) is 105 cm³/mol. The lowest BCUT2D eigenvalue weighted by atomic mass is 10.0. The minimum absolute atomic E-state index is 0.0476. The highest BCUT2D eigenvalue weighted by atomic mass is 35.5. The molecule has 0 aromatic heterocycles. The van der Waals surface area contributed by atoms with E-state index in [0.29, 0.717) is 29.2 Å². The number of halogens is 1. The number of benzene rings is 3. The van der Waals surface area contributed by atoms with Crippen LogP contribution in [0.3, 0.4) is 0 Å². The SMILES string of the molecule is O=C(c1c(O)ccc2ccccc12)N1CCN(c2cccc(Cl)c2)C(=O)C1. The molecule has 1 fully saturated rings. The van der Waals surface area contributed by atoms with Gasteiger partial charge in [0.25, 0.3) is 5.91 Å². The van der Waals surface area contributed by atoms with Gasteiger partial charge in [-0.3, -0.25) is 9.59 Å². The number of carbonyl (C=O) groups is 2. The van der Waals surface area contributed by atoms with Crippen LogP contribution in [0.4, 0.5) is 5.69 Å². The molecule has 4 rings (SSSR count). The summed E-state index contributed by atoms with van der Waals surface area (Å²) in [6.07, 6.45) is 0. The van der Waals surface area contributed by atoms with Gasteiger partial charge in [0.05, 0.1) is 5.56 Å². The summed E-state index contributed by atoms with van der Waals surface area (Å²) in [5, 5.41) is 12.4. The van der Waals surface area contributed by atoms with Gasteiger partial charge in [0.15, 0.2) is 0 Å². The first-order valence-electron chi connectivity index (χ1n) is 8.60. The fourth-order valence-electron chi connectivity index (χ4n) is 3.41. The van der Waals surface area contributed by atoms with E-state index in [-0.39, 0.29) is 29.7 Å². The van der Waals surface area contributed by atoms with Crippen molar-refractivity contribution in [1.82, 2.24) is 4.90 Å². The molecule has 3 aromatic carbocycles. The molecule has 1 saturated heterocycles. The number of hydrogen-bond acceptors (Lipinski definition) is 3. The van der Waals surface area contributed by atoms with Crippen molar-refractivity contribution < 1.29 is 14.7 Å². The number of aromatic hydroxyl groups is 1.